The Kier molecular flexibility index (Phi) is 3.93. The molecule has 0 aliphatic rings. The summed E-state index contributed by atoms with van der Waals surface area (Å²) in [6.45, 7) is 0. The van der Waals surface area contributed by atoms with E-state index in [0.29, 0.717) is 17.3 Å². The third kappa shape index (κ3) is 3.48. The van der Waals surface area contributed by atoms with E-state index in [1.165, 1.54) is 0 Å². The summed E-state index contributed by atoms with van der Waals surface area (Å²) >= 11 is 0. The van der Waals surface area contributed by atoms with Crippen LogP contribution < -0.4 is 15.6 Å². The van der Waals surface area contributed by atoms with E-state index in [2.05, 4.69) is 25.5 Å². The number of rotatable bonds is 4. The van der Waals surface area contributed by atoms with Crippen molar-refractivity contribution in [3.63, 3.8) is 0 Å². The predicted octanol–water partition coefficient (Wildman–Crippen LogP) is 1.97. The van der Waals surface area contributed by atoms with Crippen LogP contribution in [0.1, 0.15) is 5.69 Å². The Balaban J connectivity index is 1.71. The molecule has 0 unspecified atom stereocenters. The third-order valence-electron chi connectivity index (χ3n) is 2.78. The molecule has 0 radical (unpaired) electrons. The first-order chi connectivity index (χ1) is 11.2. The normalized spacial score (nSPS) is 9.87. The Hall–Kier alpha value is -3.73. The summed E-state index contributed by atoms with van der Waals surface area (Å²) in [7, 11) is 0. The van der Waals surface area contributed by atoms with Gasteiger partial charge in [0.25, 0.3) is 5.56 Å². The second kappa shape index (κ2) is 6.36. The SMILES string of the molecule is N#Cc1nnc(Nc2ccc(Oc3ccccn3)cc2)[nH]c1=O. The largest absolute Gasteiger partial charge is 0.439 e. The molecule has 0 saturated carbocycles. The third-order valence-corrected chi connectivity index (χ3v) is 2.78. The second-order valence-electron chi connectivity index (χ2n) is 4.38. The monoisotopic (exact) mass is 306 g/mol. The summed E-state index contributed by atoms with van der Waals surface area (Å²) in [6, 6.07) is 14.0. The van der Waals surface area contributed by atoms with Gasteiger partial charge in [-0.05, 0) is 30.3 Å². The lowest BCUT2D eigenvalue weighted by Crippen LogP contribution is -2.16. The minimum absolute atomic E-state index is 0.146. The number of aromatic nitrogens is 4. The van der Waals surface area contributed by atoms with E-state index in [-0.39, 0.29) is 11.6 Å². The summed E-state index contributed by atoms with van der Waals surface area (Å²) in [5.74, 6) is 1.26. The highest BCUT2D eigenvalue weighted by Crippen LogP contribution is 2.21. The zero-order valence-corrected chi connectivity index (χ0v) is 11.7. The van der Waals surface area contributed by atoms with Crippen LogP contribution in [0.4, 0.5) is 11.6 Å². The Morgan fingerprint density at radius 3 is 2.61 bits per heavy atom. The maximum absolute atomic E-state index is 11.5. The van der Waals surface area contributed by atoms with E-state index in [0.717, 1.165) is 0 Å². The standard InChI is InChI=1S/C15H10N6O2/c16-9-12-14(22)19-15(21-20-12)18-10-4-6-11(7-5-10)23-13-3-1-2-8-17-13/h1-8H,(H2,18,19,21,22). The van der Waals surface area contributed by atoms with E-state index >= 15 is 0 Å². The number of ether oxygens (including phenoxy) is 1. The van der Waals surface area contributed by atoms with E-state index in [1.54, 1.807) is 48.7 Å². The molecule has 0 saturated heterocycles. The number of nitrogens with one attached hydrogen (secondary N) is 2. The molecule has 3 aromatic rings. The molecule has 2 aromatic heterocycles. The lowest BCUT2D eigenvalue weighted by Gasteiger charge is -2.07. The molecule has 1 aromatic carbocycles. The number of H-pyrrole nitrogens is 1. The van der Waals surface area contributed by atoms with Gasteiger partial charge in [0.15, 0.2) is 0 Å². The van der Waals surface area contributed by atoms with Crippen molar-refractivity contribution in [2.45, 2.75) is 0 Å². The Morgan fingerprint density at radius 2 is 1.96 bits per heavy atom. The van der Waals surface area contributed by atoms with Crippen molar-refractivity contribution in [3.05, 3.63) is 64.7 Å². The molecule has 112 valence electrons. The van der Waals surface area contributed by atoms with E-state index in [1.807, 2.05) is 6.07 Å². The van der Waals surface area contributed by atoms with Gasteiger partial charge in [-0.2, -0.15) is 5.26 Å². The Morgan fingerprint density at radius 1 is 1.13 bits per heavy atom. The van der Waals surface area contributed by atoms with E-state index in [9.17, 15) is 4.79 Å². The first-order valence-corrected chi connectivity index (χ1v) is 6.58. The number of pyridine rings is 1. The molecule has 0 spiro atoms. The second-order valence-corrected chi connectivity index (χ2v) is 4.38. The topological polar surface area (TPSA) is 117 Å². The van der Waals surface area contributed by atoms with Gasteiger partial charge >= 0.3 is 0 Å². The number of anilines is 2. The van der Waals surface area contributed by atoms with Gasteiger partial charge in [-0.15, -0.1) is 10.2 Å². The van der Waals surface area contributed by atoms with Crippen molar-refractivity contribution < 1.29 is 4.74 Å². The molecule has 8 nitrogen and oxygen atoms in total. The van der Waals surface area contributed by atoms with Crippen LogP contribution in [-0.4, -0.2) is 20.2 Å². The molecule has 8 heteroatoms. The number of nitrogens with zero attached hydrogens (tertiary/aromatic N) is 4. The molecule has 3 rings (SSSR count). The zero-order chi connectivity index (χ0) is 16.1. The average molecular weight is 306 g/mol. The molecule has 23 heavy (non-hydrogen) atoms. The fourth-order valence-corrected chi connectivity index (χ4v) is 1.74. The van der Waals surface area contributed by atoms with Crippen molar-refractivity contribution in [3.8, 4) is 17.7 Å². The minimum Gasteiger partial charge on any atom is -0.439 e. The highest BCUT2D eigenvalue weighted by Gasteiger charge is 2.04. The highest BCUT2D eigenvalue weighted by atomic mass is 16.5. The van der Waals surface area contributed by atoms with Crippen LogP contribution in [0, 0.1) is 11.3 Å². The molecule has 0 fully saturated rings. The van der Waals surface area contributed by atoms with Crippen molar-refractivity contribution in [1.29, 1.82) is 5.26 Å². The molecular formula is C15H10N6O2. The average Bonchev–Trinajstić information content (AvgIpc) is 2.58. The summed E-state index contributed by atoms with van der Waals surface area (Å²) in [5.41, 5.74) is -0.206. The van der Waals surface area contributed by atoms with Crippen LogP contribution in [0.25, 0.3) is 0 Å². The molecule has 0 amide bonds. The molecule has 0 bridgehead atoms. The highest BCUT2D eigenvalue weighted by molar-refractivity contribution is 5.54. The van der Waals surface area contributed by atoms with Gasteiger partial charge in [-0.3, -0.25) is 9.78 Å². The summed E-state index contributed by atoms with van der Waals surface area (Å²) in [5, 5.41) is 18.7. The van der Waals surface area contributed by atoms with Gasteiger partial charge < -0.3 is 10.1 Å². The van der Waals surface area contributed by atoms with Gasteiger partial charge in [0, 0.05) is 18.0 Å². The van der Waals surface area contributed by atoms with Crippen molar-refractivity contribution in [1.82, 2.24) is 20.2 Å². The van der Waals surface area contributed by atoms with Crippen LogP contribution in [0.2, 0.25) is 0 Å². The fraction of sp³-hybridized carbons (Fsp3) is 0. The molecule has 0 aliphatic heterocycles. The van der Waals surface area contributed by atoms with Crippen LogP contribution >= 0.6 is 0 Å². The van der Waals surface area contributed by atoms with Crippen LogP contribution in [0.5, 0.6) is 11.6 Å². The molecule has 2 N–H and O–H groups in total. The lowest BCUT2D eigenvalue weighted by atomic mass is 10.3. The first kappa shape index (κ1) is 14.2. The molecule has 0 aliphatic carbocycles. The maximum atomic E-state index is 11.5. The zero-order valence-electron chi connectivity index (χ0n) is 11.7. The van der Waals surface area contributed by atoms with Crippen molar-refractivity contribution >= 4 is 11.6 Å². The van der Waals surface area contributed by atoms with Gasteiger partial charge in [0.1, 0.15) is 11.8 Å². The number of benzene rings is 1. The summed E-state index contributed by atoms with van der Waals surface area (Å²) in [4.78, 5) is 18.0. The summed E-state index contributed by atoms with van der Waals surface area (Å²) in [6.07, 6.45) is 1.64. The van der Waals surface area contributed by atoms with Crippen molar-refractivity contribution in [2.75, 3.05) is 5.32 Å². The molecule has 2 heterocycles. The fourth-order valence-electron chi connectivity index (χ4n) is 1.74. The van der Waals surface area contributed by atoms with Crippen molar-refractivity contribution in [2.24, 2.45) is 0 Å². The summed E-state index contributed by atoms with van der Waals surface area (Å²) < 4.78 is 5.57. The van der Waals surface area contributed by atoms with E-state index in [4.69, 9.17) is 10.00 Å². The number of aromatic amines is 1. The molecule has 0 atom stereocenters. The Bertz CT molecular complexity index is 900. The Labute approximate surface area is 130 Å². The van der Waals surface area contributed by atoms with Crippen LogP contribution in [0.15, 0.2) is 53.5 Å². The number of hydrogen-bond acceptors (Lipinski definition) is 7. The predicted molar refractivity (Wildman–Crippen MR) is 81.4 cm³/mol. The number of hydrogen-bond donors (Lipinski definition) is 2. The van der Waals surface area contributed by atoms with Crippen LogP contribution in [0.3, 0.4) is 0 Å². The van der Waals surface area contributed by atoms with Crippen LogP contribution in [-0.2, 0) is 0 Å². The minimum atomic E-state index is -0.597. The van der Waals surface area contributed by atoms with Gasteiger partial charge in [0.05, 0.1) is 0 Å². The maximum Gasteiger partial charge on any atom is 0.289 e. The molecular weight excluding hydrogens is 296 g/mol. The number of nitriles is 1. The smallest absolute Gasteiger partial charge is 0.289 e. The quantitative estimate of drug-likeness (QED) is 0.756. The first-order valence-electron chi connectivity index (χ1n) is 6.58. The van der Waals surface area contributed by atoms with E-state index < -0.39 is 5.56 Å². The lowest BCUT2D eigenvalue weighted by molar-refractivity contribution is 0.463. The van der Waals surface area contributed by atoms with Gasteiger partial charge in [-0.25, -0.2) is 4.98 Å². The van der Waals surface area contributed by atoms with Gasteiger partial charge in [-0.1, -0.05) is 6.07 Å². The van der Waals surface area contributed by atoms with Gasteiger partial charge in [0.2, 0.25) is 17.5 Å².